The molecule has 11 nitrogen and oxygen atoms in total. The Morgan fingerprint density at radius 1 is 0.755 bits per heavy atom. The third-order valence-corrected chi connectivity index (χ3v) is 10.5. The van der Waals surface area contributed by atoms with Gasteiger partial charge in [-0.05, 0) is 43.5 Å². The van der Waals surface area contributed by atoms with Crippen molar-refractivity contribution in [3.05, 3.63) is 83.4 Å². The topological polar surface area (TPSA) is 160 Å². The number of hydrogen-bond donors (Lipinski definition) is 1. The average Bonchev–Trinajstić information content (AvgIpc) is 3.04. The average molecular weight is 675 g/mol. The van der Waals surface area contributed by atoms with Gasteiger partial charge in [-0.1, -0.05) is 68.8 Å². The van der Waals surface area contributed by atoms with Gasteiger partial charge in [0, 0.05) is 37.5 Å². The summed E-state index contributed by atoms with van der Waals surface area (Å²) in [5.74, 6) is -6.86. The zero-order chi connectivity index (χ0) is 35.9. The Morgan fingerprint density at radius 3 is 1.78 bits per heavy atom. The number of ketones is 2. The summed E-state index contributed by atoms with van der Waals surface area (Å²) in [6.45, 7) is 9.11. The van der Waals surface area contributed by atoms with Crippen LogP contribution in [0.25, 0.3) is 0 Å². The Morgan fingerprint density at radius 2 is 1.27 bits per heavy atom. The minimum absolute atomic E-state index is 0.148. The van der Waals surface area contributed by atoms with Crippen LogP contribution in [0.3, 0.4) is 0 Å². The number of aliphatic hydroxyl groups is 1. The summed E-state index contributed by atoms with van der Waals surface area (Å²) in [5, 5.41) is 12.6. The fourth-order valence-corrected chi connectivity index (χ4v) is 8.51. The maximum Gasteiger partial charge on any atom is 0.338 e. The molecule has 0 amide bonds. The molecule has 0 aliphatic heterocycles. The zero-order valence-electron chi connectivity index (χ0n) is 28.5. The van der Waals surface area contributed by atoms with Gasteiger partial charge >= 0.3 is 23.9 Å². The largest absolute Gasteiger partial charge is 0.459 e. The lowest BCUT2D eigenvalue weighted by Gasteiger charge is -2.66. The summed E-state index contributed by atoms with van der Waals surface area (Å²) >= 11 is 0. The third kappa shape index (κ3) is 6.32. The van der Waals surface area contributed by atoms with Gasteiger partial charge in [-0.25, -0.2) is 9.59 Å². The third-order valence-electron chi connectivity index (χ3n) is 10.5. The molecule has 2 aromatic carbocycles. The number of carbonyl (C=O) groups is 6. The molecule has 8 atom stereocenters. The smallest absolute Gasteiger partial charge is 0.338 e. The van der Waals surface area contributed by atoms with Crippen molar-refractivity contribution in [1.29, 1.82) is 0 Å². The summed E-state index contributed by atoms with van der Waals surface area (Å²) in [6, 6.07) is 16.2. The molecule has 2 saturated carbocycles. The Labute approximate surface area is 284 Å². The second-order valence-corrected chi connectivity index (χ2v) is 14.1. The van der Waals surface area contributed by atoms with Crippen molar-refractivity contribution >= 4 is 35.4 Å². The van der Waals surface area contributed by atoms with Gasteiger partial charge in [0.05, 0.1) is 17.0 Å². The number of benzene rings is 2. The Hall–Kier alpha value is -4.64. The van der Waals surface area contributed by atoms with Gasteiger partial charge in [0.2, 0.25) is 0 Å². The molecule has 0 aromatic heterocycles. The molecular weight excluding hydrogens is 632 g/mol. The molecule has 2 aromatic rings. The molecule has 49 heavy (non-hydrogen) atoms. The van der Waals surface area contributed by atoms with E-state index >= 15 is 0 Å². The van der Waals surface area contributed by atoms with Crippen LogP contribution in [0.4, 0.5) is 0 Å². The summed E-state index contributed by atoms with van der Waals surface area (Å²) in [5.41, 5.74) is -4.42. The van der Waals surface area contributed by atoms with Crippen molar-refractivity contribution in [3.8, 4) is 0 Å². The van der Waals surface area contributed by atoms with Crippen molar-refractivity contribution in [3.63, 3.8) is 0 Å². The van der Waals surface area contributed by atoms with Gasteiger partial charge in [0.15, 0.2) is 17.5 Å². The van der Waals surface area contributed by atoms with Gasteiger partial charge in [-0.3, -0.25) is 19.2 Å². The van der Waals surface area contributed by atoms with E-state index in [4.69, 9.17) is 18.9 Å². The van der Waals surface area contributed by atoms with Crippen LogP contribution in [0.15, 0.2) is 72.3 Å². The van der Waals surface area contributed by atoms with Crippen LogP contribution in [0.1, 0.15) is 81.5 Å². The molecule has 0 unspecified atom stereocenters. The Bertz CT molecular complexity index is 1680. The number of carbonyl (C=O) groups excluding carboxylic acids is 6. The SMILES string of the molecule is CC(=O)O[C@H]1[C@@H](OC(=O)c2ccccc2)C(C)(C)[C@@H]2C[C@@H](OC(C)=O)[C@@]3(O)C(=O)C/C=C(/C)CC(=O)[C@@H]3[C@@]2(C)[C@H]1OC(=O)c1ccccc1. The molecule has 11 heteroatoms. The van der Waals surface area contributed by atoms with Gasteiger partial charge in [0.1, 0.15) is 24.1 Å². The number of hydrogen-bond acceptors (Lipinski definition) is 11. The number of rotatable bonds is 6. The van der Waals surface area contributed by atoms with Crippen molar-refractivity contribution in [2.45, 2.75) is 90.8 Å². The molecule has 3 aliphatic carbocycles. The normalized spacial score (nSPS) is 33.2. The van der Waals surface area contributed by atoms with Crippen molar-refractivity contribution in [2.75, 3.05) is 0 Å². The highest BCUT2D eigenvalue weighted by atomic mass is 16.6. The predicted octanol–water partition coefficient (Wildman–Crippen LogP) is 4.59. The monoisotopic (exact) mass is 674 g/mol. The first-order chi connectivity index (χ1) is 23.0. The maximum absolute atomic E-state index is 14.5. The van der Waals surface area contributed by atoms with E-state index in [0.29, 0.717) is 5.57 Å². The molecule has 0 heterocycles. The van der Waals surface area contributed by atoms with Crippen molar-refractivity contribution in [2.24, 2.45) is 22.7 Å². The van der Waals surface area contributed by atoms with Gasteiger partial charge < -0.3 is 24.1 Å². The van der Waals surface area contributed by atoms with Gasteiger partial charge in [-0.2, -0.15) is 0 Å². The summed E-state index contributed by atoms with van der Waals surface area (Å²) < 4.78 is 24.0. The molecule has 0 bridgehead atoms. The van der Waals surface area contributed by atoms with Crippen LogP contribution in [0.5, 0.6) is 0 Å². The van der Waals surface area contributed by atoms with E-state index in [-0.39, 0.29) is 30.4 Å². The first-order valence-corrected chi connectivity index (χ1v) is 16.3. The van der Waals surface area contributed by atoms with Crippen LogP contribution in [0.2, 0.25) is 0 Å². The Balaban J connectivity index is 1.77. The van der Waals surface area contributed by atoms with Crippen LogP contribution in [0, 0.1) is 22.7 Å². The number of ether oxygens (including phenoxy) is 4. The second kappa shape index (κ2) is 13.3. The molecule has 5 rings (SSSR count). The number of Topliss-reactive ketones (excluding diaryl/α,β-unsaturated/α-hetero) is 2. The van der Waals surface area contributed by atoms with E-state index in [0.717, 1.165) is 13.8 Å². The molecule has 0 saturated heterocycles. The van der Waals surface area contributed by atoms with E-state index in [1.807, 2.05) is 0 Å². The number of esters is 4. The van der Waals surface area contributed by atoms with Crippen LogP contribution < -0.4 is 0 Å². The van der Waals surface area contributed by atoms with Crippen molar-refractivity contribution in [1.82, 2.24) is 0 Å². The highest BCUT2D eigenvalue weighted by Gasteiger charge is 2.76. The van der Waals surface area contributed by atoms with E-state index in [1.165, 1.54) is 12.1 Å². The molecule has 3 aliphatic rings. The quantitative estimate of drug-likeness (QED) is 0.259. The van der Waals surface area contributed by atoms with Crippen LogP contribution in [-0.2, 0) is 38.1 Å². The Kier molecular flexibility index (Phi) is 9.71. The summed E-state index contributed by atoms with van der Waals surface area (Å²) in [7, 11) is 0. The number of fused-ring (bicyclic) bond motifs is 3. The standard InChI is InChI=1S/C38H42O11/c1-21-17-18-28(42)38(45)29(46-22(2)39)20-27-36(4,5)32(48-34(43)24-13-9-7-10-14-24)30(47-23(3)40)33(37(27,6)31(38)26(41)19-21)49-35(44)25-15-11-8-12-16-25/h7-17,27,29-33,45H,18-20H2,1-6H3/b21-17-/t27-,29+,30-,31+,32+,33-,37-,38-/m0/s1. The second-order valence-electron chi connectivity index (χ2n) is 14.1. The van der Waals surface area contributed by atoms with Gasteiger partial charge in [0.25, 0.3) is 0 Å². The van der Waals surface area contributed by atoms with Crippen LogP contribution >= 0.6 is 0 Å². The highest BCUT2D eigenvalue weighted by Crippen LogP contribution is 2.65. The van der Waals surface area contributed by atoms with E-state index < -0.39 is 88.1 Å². The fourth-order valence-electron chi connectivity index (χ4n) is 8.51. The molecule has 0 spiro atoms. The maximum atomic E-state index is 14.5. The predicted molar refractivity (Wildman–Crippen MR) is 174 cm³/mol. The molecule has 260 valence electrons. The lowest BCUT2D eigenvalue weighted by atomic mass is 9.41. The van der Waals surface area contributed by atoms with Gasteiger partial charge in [-0.15, -0.1) is 0 Å². The van der Waals surface area contributed by atoms with Crippen LogP contribution in [-0.4, -0.2) is 70.6 Å². The van der Waals surface area contributed by atoms with E-state index in [1.54, 1.807) is 82.3 Å². The van der Waals surface area contributed by atoms with Crippen molar-refractivity contribution < 1.29 is 52.8 Å². The first kappa shape index (κ1) is 35.7. The molecule has 2 fully saturated rings. The highest BCUT2D eigenvalue weighted by molar-refractivity contribution is 5.99. The zero-order valence-corrected chi connectivity index (χ0v) is 28.5. The molecule has 1 N–H and O–H groups in total. The molecule has 0 radical (unpaired) electrons. The summed E-state index contributed by atoms with van der Waals surface area (Å²) in [6.07, 6.45) is -4.79. The molecular formula is C38H42O11. The summed E-state index contributed by atoms with van der Waals surface area (Å²) in [4.78, 5) is 81.4. The van der Waals surface area contributed by atoms with E-state index in [2.05, 4.69) is 0 Å². The minimum atomic E-state index is -2.53. The minimum Gasteiger partial charge on any atom is -0.459 e. The fraction of sp³-hybridized carbons (Fsp3) is 0.474. The lowest BCUT2D eigenvalue weighted by Crippen LogP contribution is -2.78. The lowest BCUT2D eigenvalue weighted by molar-refractivity contribution is -0.288. The first-order valence-electron chi connectivity index (χ1n) is 16.3. The van der Waals surface area contributed by atoms with E-state index in [9.17, 15) is 33.9 Å². The number of allylic oxidation sites excluding steroid dienone is 2.